The highest BCUT2D eigenvalue weighted by Gasteiger charge is 2.44. The molecule has 2 aliphatic heterocycles. The Hall–Kier alpha value is -2.98. The summed E-state index contributed by atoms with van der Waals surface area (Å²) in [6.07, 6.45) is 0.620. The van der Waals surface area contributed by atoms with Gasteiger partial charge in [0.25, 0.3) is 0 Å². The molecule has 3 amide bonds. The summed E-state index contributed by atoms with van der Waals surface area (Å²) in [6.45, 7) is -0.309. The lowest BCUT2D eigenvalue weighted by atomic mass is 10.1. The molecule has 2 unspecified atom stereocenters. The maximum atomic E-state index is 12.5. The van der Waals surface area contributed by atoms with Gasteiger partial charge in [-0.15, -0.1) is 0 Å². The Kier molecular flexibility index (Phi) is 4.71. The van der Waals surface area contributed by atoms with Gasteiger partial charge in [-0.05, 0) is 31.7 Å². The Morgan fingerprint density at radius 1 is 1.16 bits per heavy atom. The Balaban J connectivity index is 1.35. The van der Waals surface area contributed by atoms with Gasteiger partial charge in [-0.1, -0.05) is 0 Å². The number of aromatic amines is 1. The average Bonchev–Trinajstić information content (AvgIpc) is 3.41. The van der Waals surface area contributed by atoms with E-state index < -0.39 is 18.8 Å². The number of amides is 3. The molecule has 166 valence electrons. The van der Waals surface area contributed by atoms with E-state index in [0.717, 1.165) is 36.8 Å². The number of carbonyl (C=O) groups excluding carboxylic acids is 2. The van der Waals surface area contributed by atoms with Gasteiger partial charge in [-0.2, -0.15) is 13.2 Å². The molecule has 3 N–H and O–H groups in total. The van der Waals surface area contributed by atoms with Crippen LogP contribution >= 0.6 is 0 Å². The number of hydrogen-bond donors (Lipinski definition) is 3. The van der Waals surface area contributed by atoms with Gasteiger partial charge in [0.15, 0.2) is 0 Å². The number of alkyl halides is 3. The number of halogens is 3. The molecule has 8 nitrogen and oxygen atoms in total. The number of rotatable bonds is 4. The molecule has 2 aromatic rings. The molecule has 5 rings (SSSR count). The van der Waals surface area contributed by atoms with E-state index in [1.165, 1.54) is 0 Å². The molecular formula is C20H23F3N6O2. The molecule has 2 atom stereocenters. The lowest BCUT2D eigenvalue weighted by molar-refractivity contribution is -0.123. The first-order chi connectivity index (χ1) is 14.8. The summed E-state index contributed by atoms with van der Waals surface area (Å²) >= 11 is 0. The van der Waals surface area contributed by atoms with Crippen LogP contribution < -0.4 is 15.5 Å². The predicted octanol–water partition coefficient (Wildman–Crippen LogP) is 2.84. The molecule has 11 heteroatoms. The minimum atomic E-state index is -4.44. The molecule has 4 heterocycles. The lowest BCUT2D eigenvalue weighted by Crippen LogP contribution is -2.59. The second kappa shape index (κ2) is 7.31. The van der Waals surface area contributed by atoms with Crippen LogP contribution in [0.4, 0.5) is 29.5 Å². The largest absolute Gasteiger partial charge is 0.405 e. The van der Waals surface area contributed by atoms with E-state index in [-0.39, 0.29) is 23.9 Å². The summed E-state index contributed by atoms with van der Waals surface area (Å²) in [6, 6.07) is 2.75. The van der Waals surface area contributed by atoms with Crippen LogP contribution in [-0.2, 0) is 4.79 Å². The number of aromatic nitrogens is 2. The van der Waals surface area contributed by atoms with Crippen LogP contribution in [-0.4, -0.2) is 64.7 Å². The topological polar surface area (TPSA) is 93.4 Å². The third-order valence-corrected chi connectivity index (χ3v) is 6.20. The zero-order valence-corrected chi connectivity index (χ0v) is 16.7. The van der Waals surface area contributed by atoms with Gasteiger partial charge in [-0.3, -0.25) is 4.79 Å². The average molecular weight is 436 g/mol. The first-order valence-electron chi connectivity index (χ1n) is 10.5. The summed E-state index contributed by atoms with van der Waals surface area (Å²) < 4.78 is 37.5. The van der Waals surface area contributed by atoms with Crippen molar-refractivity contribution in [2.75, 3.05) is 29.9 Å². The molecule has 1 saturated carbocycles. The number of nitrogens with one attached hydrogen (secondary N) is 3. The molecular weight excluding hydrogens is 413 g/mol. The van der Waals surface area contributed by atoms with Crippen LogP contribution in [0.15, 0.2) is 18.3 Å². The zero-order valence-electron chi connectivity index (χ0n) is 16.7. The first kappa shape index (κ1) is 20.0. The summed E-state index contributed by atoms with van der Waals surface area (Å²) in [5, 5.41) is 5.79. The third-order valence-electron chi connectivity index (χ3n) is 6.20. The molecule has 0 spiro atoms. The number of H-pyrrole nitrogens is 1. The summed E-state index contributed by atoms with van der Waals surface area (Å²) in [5.74, 6) is 0.495. The normalized spacial score (nSPS) is 23.3. The van der Waals surface area contributed by atoms with Crippen molar-refractivity contribution in [2.45, 2.75) is 43.9 Å². The van der Waals surface area contributed by atoms with Crippen molar-refractivity contribution < 1.29 is 22.8 Å². The third kappa shape index (κ3) is 4.00. The minimum Gasteiger partial charge on any atom is -0.367 e. The summed E-state index contributed by atoms with van der Waals surface area (Å²) in [5.41, 5.74) is 1.55. The van der Waals surface area contributed by atoms with Gasteiger partial charge >= 0.3 is 12.2 Å². The highest BCUT2D eigenvalue weighted by Crippen LogP contribution is 2.37. The number of nitrogens with zero attached hydrogens (tertiary/aromatic N) is 3. The van der Waals surface area contributed by atoms with Crippen LogP contribution in [0.2, 0.25) is 0 Å². The number of carbonyl (C=O) groups is 2. The second-order valence-electron chi connectivity index (χ2n) is 8.50. The van der Waals surface area contributed by atoms with Gasteiger partial charge < -0.3 is 25.4 Å². The maximum Gasteiger partial charge on any atom is 0.405 e. The van der Waals surface area contributed by atoms with E-state index in [9.17, 15) is 22.8 Å². The van der Waals surface area contributed by atoms with E-state index >= 15 is 0 Å². The molecule has 2 bridgehead atoms. The molecule has 3 fully saturated rings. The summed E-state index contributed by atoms with van der Waals surface area (Å²) in [4.78, 5) is 35.9. The first-order valence-corrected chi connectivity index (χ1v) is 10.5. The van der Waals surface area contributed by atoms with Gasteiger partial charge in [0.1, 0.15) is 18.0 Å². The van der Waals surface area contributed by atoms with Crippen molar-refractivity contribution in [2.24, 2.45) is 5.92 Å². The highest BCUT2D eigenvalue weighted by molar-refractivity contribution is 5.97. The summed E-state index contributed by atoms with van der Waals surface area (Å²) in [7, 11) is 0. The quantitative estimate of drug-likeness (QED) is 0.687. The van der Waals surface area contributed by atoms with Gasteiger partial charge in [0.2, 0.25) is 5.91 Å². The molecule has 31 heavy (non-hydrogen) atoms. The van der Waals surface area contributed by atoms with Crippen molar-refractivity contribution in [3.8, 4) is 0 Å². The number of anilines is 2. The van der Waals surface area contributed by atoms with E-state index in [0.29, 0.717) is 24.6 Å². The molecule has 1 aliphatic carbocycles. The fourth-order valence-corrected chi connectivity index (χ4v) is 4.62. The Labute approximate surface area is 176 Å². The van der Waals surface area contributed by atoms with Gasteiger partial charge in [-0.25, -0.2) is 9.78 Å². The number of fused-ring (bicyclic) bond motifs is 3. The maximum absolute atomic E-state index is 12.5. The smallest absolute Gasteiger partial charge is 0.367 e. The van der Waals surface area contributed by atoms with Gasteiger partial charge in [0.05, 0.1) is 17.8 Å². The number of hydrogen-bond acceptors (Lipinski definition) is 4. The molecule has 2 aromatic heterocycles. The molecule has 2 saturated heterocycles. The zero-order chi connectivity index (χ0) is 21.8. The van der Waals surface area contributed by atoms with Crippen molar-refractivity contribution in [1.82, 2.24) is 20.2 Å². The fourth-order valence-electron chi connectivity index (χ4n) is 4.62. The van der Waals surface area contributed by atoms with Crippen LogP contribution in [0, 0.1) is 5.92 Å². The highest BCUT2D eigenvalue weighted by atomic mass is 19.4. The SMILES string of the molecule is O=C(Nc1cc(N2CC3CCC(C2)N3C(=O)NCC(F)(F)F)c2cc[nH]c2n1)C1CC1. The second-order valence-corrected chi connectivity index (χ2v) is 8.50. The number of urea groups is 1. The fraction of sp³-hybridized carbons (Fsp3) is 0.550. The Morgan fingerprint density at radius 3 is 2.52 bits per heavy atom. The van der Waals surface area contributed by atoms with Crippen LogP contribution in [0.5, 0.6) is 0 Å². The monoisotopic (exact) mass is 436 g/mol. The van der Waals surface area contributed by atoms with E-state index in [1.807, 2.05) is 17.4 Å². The van der Waals surface area contributed by atoms with Crippen molar-refractivity contribution >= 4 is 34.5 Å². The molecule has 0 aromatic carbocycles. The lowest BCUT2D eigenvalue weighted by Gasteiger charge is -2.42. The number of piperazine rings is 1. The van der Waals surface area contributed by atoms with Crippen LogP contribution in [0.3, 0.4) is 0 Å². The van der Waals surface area contributed by atoms with Crippen molar-refractivity contribution in [3.05, 3.63) is 18.3 Å². The molecule has 3 aliphatic rings. The molecule has 0 radical (unpaired) electrons. The van der Waals surface area contributed by atoms with E-state index in [1.54, 1.807) is 11.1 Å². The Morgan fingerprint density at radius 2 is 1.87 bits per heavy atom. The van der Waals surface area contributed by atoms with Crippen molar-refractivity contribution in [1.29, 1.82) is 0 Å². The predicted molar refractivity (Wildman–Crippen MR) is 108 cm³/mol. The van der Waals surface area contributed by atoms with Crippen LogP contribution in [0.1, 0.15) is 25.7 Å². The van der Waals surface area contributed by atoms with Crippen molar-refractivity contribution in [3.63, 3.8) is 0 Å². The number of pyridine rings is 1. The minimum absolute atomic E-state index is 0.0319. The van der Waals surface area contributed by atoms with Gasteiger partial charge in [0, 0.05) is 36.7 Å². The van der Waals surface area contributed by atoms with Crippen LogP contribution in [0.25, 0.3) is 11.0 Å². The Bertz CT molecular complexity index is 1000. The van der Waals surface area contributed by atoms with E-state index in [4.69, 9.17) is 0 Å². The standard InChI is InChI=1S/C20H23F3N6O2/c21-20(22,23)10-25-19(31)29-12-3-4-13(29)9-28(8-12)15-7-16(27-18(30)11-1-2-11)26-17-14(15)5-6-24-17/h5-7,11-13H,1-4,8-10H2,(H,25,31)(H2,24,26,27,30). The van der Waals surface area contributed by atoms with E-state index in [2.05, 4.69) is 20.2 Å².